The van der Waals surface area contributed by atoms with Crippen LogP contribution in [0.4, 0.5) is 13.2 Å². The number of fused-ring (bicyclic) bond motifs is 1. The molecule has 4 rings (SSSR count). The maximum absolute atomic E-state index is 12.5. The second-order valence-corrected chi connectivity index (χ2v) is 6.36. The maximum Gasteiger partial charge on any atom is 0.490 e. The molecule has 3 aromatic heterocycles. The Balaban J connectivity index is 0.000000339. The van der Waals surface area contributed by atoms with Gasteiger partial charge in [-0.25, -0.2) is 14.8 Å². The van der Waals surface area contributed by atoms with E-state index in [9.17, 15) is 18.0 Å². The van der Waals surface area contributed by atoms with Crippen molar-refractivity contribution in [2.75, 3.05) is 13.1 Å². The molecule has 3 aromatic rings. The fraction of sp³-hybridized carbons (Fsp3) is 0.263. The Bertz CT molecular complexity index is 1040. The molecule has 1 aliphatic heterocycles. The lowest BCUT2D eigenvalue weighted by Gasteiger charge is -2.18. The minimum atomic E-state index is -5.08. The van der Waals surface area contributed by atoms with Crippen LogP contribution in [0.5, 0.6) is 0 Å². The normalized spacial score (nSPS) is 13.5. The summed E-state index contributed by atoms with van der Waals surface area (Å²) in [4.78, 5) is 36.2. The number of carbonyl (C=O) groups excluding carboxylic acids is 1. The summed E-state index contributed by atoms with van der Waals surface area (Å²) < 4.78 is 36.7. The Morgan fingerprint density at radius 1 is 1.10 bits per heavy atom. The van der Waals surface area contributed by atoms with Gasteiger partial charge in [-0.1, -0.05) is 5.16 Å². The molecule has 162 valence electrons. The van der Waals surface area contributed by atoms with Crippen molar-refractivity contribution in [1.29, 1.82) is 0 Å². The first-order chi connectivity index (χ1) is 14.8. The summed E-state index contributed by atoms with van der Waals surface area (Å²) >= 11 is 0. The fourth-order valence-corrected chi connectivity index (χ4v) is 2.96. The topological polar surface area (TPSA) is 122 Å². The number of rotatable bonds is 2. The molecular weight excluding hydrogens is 419 g/mol. The van der Waals surface area contributed by atoms with E-state index >= 15 is 0 Å². The van der Waals surface area contributed by atoms with Gasteiger partial charge in [0.25, 0.3) is 5.91 Å². The molecular formula is C19H16F3N5O4. The molecule has 0 fully saturated rings. The fourth-order valence-electron chi connectivity index (χ4n) is 2.96. The lowest BCUT2D eigenvalue weighted by Crippen LogP contribution is -2.33. The number of nitrogens with zero attached hydrogens (tertiary/aromatic N) is 5. The molecule has 0 aliphatic carbocycles. The standard InChI is InChI=1S/C17H15N5O2.C2HF3O2/c23-17(15-3-7-21-24-15)22-8-4-13-14(5-9-22)19-11-20-16(13)12-2-1-6-18-10-12;3-2(4,5)1(6)7/h1-3,6-7,10-11H,4-5,8-9H2;(H,6,7). The quantitative estimate of drug-likeness (QED) is 0.651. The van der Waals surface area contributed by atoms with Crippen LogP contribution in [-0.4, -0.2) is 61.3 Å². The van der Waals surface area contributed by atoms with Crippen LogP contribution in [0.1, 0.15) is 21.8 Å². The molecule has 4 heterocycles. The van der Waals surface area contributed by atoms with Gasteiger partial charge in [0, 0.05) is 54.8 Å². The number of hydrogen-bond donors (Lipinski definition) is 1. The zero-order valence-corrected chi connectivity index (χ0v) is 15.9. The van der Waals surface area contributed by atoms with Crippen molar-refractivity contribution in [3.05, 3.63) is 60.1 Å². The van der Waals surface area contributed by atoms with Crippen LogP contribution in [0.15, 0.2) is 47.6 Å². The summed E-state index contributed by atoms with van der Waals surface area (Å²) in [6.07, 6.45) is 2.89. The van der Waals surface area contributed by atoms with Crippen molar-refractivity contribution in [2.24, 2.45) is 0 Å². The SMILES string of the molecule is O=C(O)C(F)(F)F.O=C(c1ccno1)N1CCc2ncnc(-c3cccnc3)c2CC1. The summed E-state index contributed by atoms with van der Waals surface area (Å²) in [5.74, 6) is -2.64. The molecule has 0 bridgehead atoms. The van der Waals surface area contributed by atoms with Crippen molar-refractivity contribution in [3.63, 3.8) is 0 Å². The highest BCUT2D eigenvalue weighted by atomic mass is 19.4. The molecule has 0 spiro atoms. The highest BCUT2D eigenvalue weighted by molar-refractivity contribution is 5.91. The Hall–Kier alpha value is -3.83. The third-order valence-electron chi connectivity index (χ3n) is 4.40. The van der Waals surface area contributed by atoms with Gasteiger partial charge in [-0.3, -0.25) is 9.78 Å². The molecule has 0 unspecified atom stereocenters. The molecule has 1 aliphatic rings. The second-order valence-electron chi connectivity index (χ2n) is 6.36. The van der Waals surface area contributed by atoms with Gasteiger partial charge in [0.15, 0.2) is 0 Å². The van der Waals surface area contributed by atoms with E-state index in [1.807, 2.05) is 12.1 Å². The first kappa shape index (κ1) is 21.9. The van der Waals surface area contributed by atoms with Crippen LogP contribution in [0, 0.1) is 0 Å². The number of hydrogen-bond acceptors (Lipinski definition) is 7. The van der Waals surface area contributed by atoms with Gasteiger partial charge in [0.2, 0.25) is 5.76 Å². The van der Waals surface area contributed by atoms with Crippen LogP contribution in [0.2, 0.25) is 0 Å². The molecule has 12 heteroatoms. The third-order valence-corrected chi connectivity index (χ3v) is 4.40. The summed E-state index contributed by atoms with van der Waals surface area (Å²) in [7, 11) is 0. The Morgan fingerprint density at radius 3 is 2.45 bits per heavy atom. The minimum absolute atomic E-state index is 0.142. The molecule has 9 nitrogen and oxygen atoms in total. The van der Waals surface area contributed by atoms with E-state index in [4.69, 9.17) is 14.4 Å². The number of carboxylic acid groups (broad SMARTS) is 1. The minimum Gasteiger partial charge on any atom is -0.475 e. The van der Waals surface area contributed by atoms with Crippen LogP contribution < -0.4 is 0 Å². The highest BCUT2D eigenvalue weighted by Crippen LogP contribution is 2.25. The number of amides is 1. The van der Waals surface area contributed by atoms with E-state index < -0.39 is 12.1 Å². The summed E-state index contributed by atoms with van der Waals surface area (Å²) in [6, 6.07) is 5.46. The summed E-state index contributed by atoms with van der Waals surface area (Å²) in [5.41, 5.74) is 3.92. The maximum atomic E-state index is 12.5. The van der Waals surface area contributed by atoms with Crippen molar-refractivity contribution >= 4 is 11.9 Å². The van der Waals surface area contributed by atoms with Crippen molar-refractivity contribution < 1.29 is 32.4 Å². The van der Waals surface area contributed by atoms with Crippen LogP contribution in [0.3, 0.4) is 0 Å². The zero-order chi connectivity index (χ0) is 22.4. The average molecular weight is 435 g/mol. The van der Waals surface area contributed by atoms with E-state index in [0.717, 1.165) is 22.5 Å². The van der Waals surface area contributed by atoms with Gasteiger partial charge in [0.1, 0.15) is 6.33 Å². The summed E-state index contributed by atoms with van der Waals surface area (Å²) in [6.45, 7) is 1.18. The number of halogens is 3. The van der Waals surface area contributed by atoms with Gasteiger partial charge >= 0.3 is 12.1 Å². The van der Waals surface area contributed by atoms with Gasteiger partial charge in [0.05, 0.1) is 11.9 Å². The van der Waals surface area contributed by atoms with E-state index in [2.05, 4.69) is 20.1 Å². The van der Waals surface area contributed by atoms with E-state index in [1.165, 1.54) is 6.20 Å². The van der Waals surface area contributed by atoms with Crippen LogP contribution in [-0.2, 0) is 17.6 Å². The number of aromatic nitrogens is 4. The van der Waals surface area contributed by atoms with Crippen molar-refractivity contribution in [3.8, 4) is 11.3 Å². The van der Waals surface area contributed by atoms with Crippen LogP contribution in [0.25, 0.3) is 11.3 Å². The number of carboxylic acids is 1. The molecule has 0 saturated carbocycles. The Morgan fingerprint density at radius 2 is 1.84 bits per heavy atom. The molecule has 1 amide bonds. The molecule has 1 N–H and O–H groups in total. The Kier molecular flexibility index (Phi) is 6.58. The summed E-state index contributed by atoms with van der Waals surface area (Å²) in [5, 5.41) is 10.7. The number of alkyl halides is 3. The first-order valence-electron chi connectivity index (χ1n) is 9.00. The zero-order valence-electron chi connectivity index (χ0n) is 15.9. The second kappa shape index (κ2) is 9.32. The average Bonchev–Trinajstić information content (AvgIpc) is 3.20. The van der Waals surface area contributed by atoms with Crippen LogP contribution >= 0.6 is 0 Å². The third kappa shape index (κ3) is 5.41. The van der Waals surface area contributed by atoms with E-state index in [0.29, 0.717) is 25.9 Å². The van der Waals surface area contributed by atoms with Crippen molar-refractivity contribution in [2.45, 2.75) is 19.0 Å². The lowest BCUT2D eigenvalue weighted by molar-refractivity contribution is -0.192. The molecule has 0 atom stereocenters. The predicted octanol–water partition coefficient (Wildman–Crippen LogP) is 2.40. The van der Waals surface area contributed by atoms with E-state index in [-0.39, 0.29) is 11.7 Å². The van der Waals surface area contributed by atoms with Gasteiger partial charge < -0.3 is 14.5 Å². The van der Waals surface area contributed by atoms with Gasteiger partial charge in [-0.05, 0) is 18.6 Å². The molecule has 0 aromatic carbocycles. The molecule has 0 saturated heterocycles. The highest BCUT2D eigenvalue weighted by Gasteiger charge is 2.38. The first-order valence-corrected chi connectivity index (χ1v) is 9.00. The predicted molar refractivity (Wildman–Crippen MR) is 98.8 cm³/mol. The smallest absolute Gasteiger partial charge is 0.475 e. The number of carbonyl (C=O) groups is 2. The van der Waals surface area contributed by atoms with E-state index in [1.54, 1.807) is 29.7 Å². The number of pyridine rings is 1. The van der Waals surface area contributed by atoms with Gasteiger partial charge in [-0.2, -0.15) is 13.2 Å². The Labute approximate surface area is 173 Å². The number of aliphatic carboxylic acids is 1. The molecule has 0 radical (unpaired) electrons. The largest absolute Gasteiger partial charge is 0.490 e. The van der Waals surface area contributed by atoms with Gasteiger partial charge in [-0.15, -0.1) is 0 Å². The molecule has 31 heavy (non-hydrogen) atoms. The lowest BCUT2D eigenvalue weighted by atomic mass is 10.0. The van der Waals surface area contributed by atoms with Crippen molar-refractivity contribution in [1.82, 2.24) is 25.0 Å². The monoisotopic (exact) mass is 435 g/mol.